The van der Waals surface area contributed by atoms with Crippen LogP contribution < -0.4 is 4.90 Å². The highest BCUT2D eigenvalue weighted by Gasteiger charge is 2.42. The lowest BCUT2D eigenvalue weighted by Gasteiger charge is -2.28. The maximum absolute atomic E-state index is 14.0. The molecular weight excluding hydrogens is 546 g/mol. The summed E-state index contributed by atoms with van der Waals surface area (Å²) < 4.78 is 63.7. The summed E-state index contributed by atoms with van der Waals surface area (Å²) in [6, 6.07) is 15.8. The molecule has 0 saturated carbocycles. The van der Waals surface area contributed by atoms with Crippen LogP contribution in [0.15, 0.2) is 60.8 Å². The molecule has 2 aromatic heterocycles. The number of nitrogens with zero attached hydrogens (tertiary/aromatic N) is 5. The molecule has 11 heteroatoms. The number of imidazole rings is 1. The van der Waals surface area contributed by atoms with Gasteiger partial charge in [-0.1, -0.05) is 41.9 Å². The number of nitriles is 1. The normalized spacial score (nSPS) is 17.3. The number of ether oxygens (including phenoxy) is 1. The van der Waals surface area contributed by atoms with E-state index in [0.717, 1.165) is 11.6 Å². The summed E-state index contributed by atoms with van der Waals surface area (Å²) in [7, 11) is 0. The molecule has 4 aromatic rings. The van der Waals surface area contributed by atoms with Crippen molar-refractivity contribution in [2.24, 2.45) is 0 Å². The van der Waals surface area contributed by atoms with Gasteiger partial charge in [0.05, 0.1) is 35.0 Å². The van der Waals surface area contributed by atoms with Crippen LogP contribution in [0.5, 0.6) is 0 Å². The molecule has 3 heterocycles. The second kappa shape index (κ2) is 10.9. The van der Waals surface area contributed by atoms with E-state index in [4.69, 9.17) is 21.3 Å². The maximum Gasteiger partial charge on any atom is 0.417 e. The van der Waals surface area contributed by atoms with Crippen molar-refractivity contribution in [2.45, 2.75) is 45.2 Å². The summed E-state index contributed by atoms with van der Waals surface area (Å²) in [6.45, 7) is 3.71. The zero-order valence-corrected chi connectivity index (χ0v) is 22.3. The third-order valence-electron chi connectivity index (χ3n) is 6.74. The van der Waals surface area contributed by atoms with Gasteiger partial charge in [-0.05, 0) is 43.7 Å². The Morgan fingerprint density at radius 1 is 1.07 bits per heavy atom. The van der Waals surface area contributed by atoms with Gasteiger partial charge >= 0.3 is 6.18 Å². The van der Waals surface area contributed by atoms with Crippen LogP contribution in [-0.2, 0) is 17.5 Å². The fraction of sp³-hybridized carbons (Fsp3) is 0.276. The number of halogens is 5. The van der Waals surface area contributed by atoms with Crippen LogP contribution in [0.3, 0.4) is 0 Å². The molecule has 0 radical (unpaired) electrons. The van der Waals surface area contributed by atoms with Gasteiger partial charge in [0.2, 0.25) is 0 Å². The van der Waals surface area contributed by atoms with Crippen LogP contribution >= 0.6 is 11.6 Å². The van der Waals surface area contributed by atoms with Crippen LogP contribution in [-0.4, -0.2) is 27.2 Å². The number of rotatable bonds is 6. The van der Waals surface area contributed by atoms with Gasteiger partial charge < -0.3 is 14.2 Å². The van der Waals surface area contributed by atoms with E-state index >= 15 is 0 Å². The molecule has 0 amide bonds. The van der Waals surface area contributed by atoms with E-state index in [2.05, 4.69) is 4.98 Å². The van der Waals surface area contributed by atoms with Gasteiger partial charge in [-0.25, -0.2) is 14.4 Å². The van der Waals surface area contributed by atoms with Crippen molar-refractivity contribution in [3.63, 3.8) is 0 Å². The Morgan fingerprint density at radius 2 is 1.82 bits per heavy atom. The van der Waals surface area contributed by atoms with Gasteiger partial charge in [0.15, 0.2) is 0 Å². The molecule has 0 N–H and O–H groups in total. The topological polar surface area (TPSA) is 67.0 Å². The Balaban J connectivity index is 1.61. The predicted octanol–water partition coefficient (Wildman–Crippen LogP) is 7.10. The number of aryl methyl sites for hydroxylation is 2. The fourth-order valence-corrected chi connectivity index (χ4v) is 5.15. The second-order valence-corrected chi connectivity index (χ2v) is 10.1. The van der Waals surface area contributed by atoms with E-state index in [0.29, 0.717) is 30.2 Å². The number of hydrogen-bond acceptors (Lipinski definition) is 5. The monoisotopic (exact) mass is 569 g/mol. The van der Waals surface area contributed by atoms with Crippen molar-refractivity contribution < 1.29 is 22.3 Å². The Kier molecular flexibility index (Phi) is 7.53. The average molecular weight is 570 g/mol. The van der Waals surface area contributed by atoms with Crippen molar-refractivity contribution in [1.29, 1.82) is 5.26 Å². The molecule has 0 aliphatic carbocycles. The number of anilines is 1. The highest BCUT2D eigenvalue weighted by Crippen LogP contribution is 2.42. The molecule has 1 saturated heterocycles. The van der Waals surface area contributed by atoms with Gasteiger partial charge in [0, 0.05) is 30.5 Å². The summed E-state index contributed by atoms with van der Waals surface area (Å²) in [5.74, 6) is -0.190. The molecule has 40 heavy (non-hydrogen) atoms. The standard InChI is InChI=1S/C29H24ClF4N5O/c1-17-10-23(29(32,33)34)22(13-35)27(36-17)39-15-21(40-16-19-6-4-3-5-7-19)12-26(39)28-37-18(2)14-38(28)20-8-9-25(31)24(30)11-20/h3-11,14,21,26H,12,15-16H2,1-2H3/t21-,26-/m0/s1. The molecule has 5 rings (SSSR count). The van der Waals surface area contributed by atoms with Gasteiger partial charge in [-0.3, -0.25) is 0 Å². The van der Waals surface area contributed by atoms with Crippen molar-refractivity contribution in [1.82, 2.24) is 14.5 Å². The summed E-state index contributed by atoms with van der Waals surface area (Å²) in [5, 5.41) is 9.78. The first-order valence-corrected chi connectivity index (χ1v) is 12.9. The molecule has 0 bridgehead atoms. The minimum Gasteiger partial charge on any atom is -0.372 e. The smallest absolute Gasteiger partial charge is 0.372 e. The highest BCUT2D eigenvalue weighted by atomic mass is 35.5. The summed E-state index contributed by atoms with van der Waals surface area (Å²) >= 11 is 6.06. The molecule has 1 aliphatic rings. The van der Waals surface area contributed by atoms with Crippen LogP contribution in [0.2, 0.25) is 5.02 Å². The van der Waals surface area contributed by atoms with Gasteiger partial charge in [0.1, 0.15) is 29.1 Å². The zero-order chi connectivity index (χ0) is 28.6. The first kappa shape index (κ1) is 27.6. The number of hydrogen-bond donors (Lipinski definition) is 0. The SMILES string of the molecule is Cc1cc(C(F)(F)F)c(C#N)c(N2C[C@@H](OCc3ccccc3)C[C@H]2c2nc(C)cn2-c2ccc(F)c(Cl)c2)n1. The molecule has 1 aliphatic heterocycles. The Labute approximate surface area is 233 Å². The number of alkyl halides is 3. The molecular formula is C29H24ClF4N5O. The summed E-state index contributed by atoms with van der Waals surface area (Å²) in [6.07, 6.45) is -3.05. The molecule has 0 spiro atoms. The highest BCUT2D eigenvalue weighted by molar-refractivity contribution is 6.30. The second-order valence-electron chi connectivity index (χ2n) is 9.65. The molecule has 6 nitrogen and oxygen atoms in total. The van der Waals surface area contributed by atoms with Crippen LogP contribution in [0.25, 0.3) is 5.69 Å². The predicted molar refractivity (Wildman–Crippen MR) is 142 cm³/mol. The zero-order valence-electron chi connectivity index (χ0n) is 21.6. The lowest BCUT2D eigenvalue weighted by atomic mass is 10.1. The van der Waals surface area contributed by atoms with Crippen molar-refractivity contribution in [3.05, 3.63) is 106 Å². The summed E-state index contributed by atoms with van der Waals surface area (Å²) in [5.41, 5.74) is 0.628. The third-order valence-corrected chi connectivity index (χ3v) is 7.03. The minimum absolute atomic E-state index is 0.0795. The van der Waals surface area contributed by atoms with E-state index in [1.54, 1.807) is 34.7 Å². The fourth-order valence-electron chi connectivity index (χ4n) is 4.98. The van der Waals surface area contributed by atoms with Gasteiger partial charge in [-0.2, -0.15) is 18.4 Å². The van der Waals surface area contributed by atoms with E-state index in [-0.39, 0.29) is 23.1 Å². The molecule has 2 atom stereocenters. The minimum atomic E-state index is -4.74. The van der Waals surface area contributed by atoms with Crippen LogP contribution in [0.1, 0.15) is 46.4 Å². The maximum atomic E-state index is 14.0. The first-order valence-electron chi connectivity index (χ1n) is 12.5. The largest absolute Gasteiger partial charge is 0.417 e. The molecule has 2 aromatic carbocycles. The van der Waals surface area contributed by atoms with Gasteiger partial charge in [-0.15, -0.1) is 0 Å². The Bertz CT molecular complexity index is 1580. The van der Waals surface area contributed by atoms with Crippen molar-refractivity contribution in [3.8, 4) is 11.8 Å². The number of benzene rings is 2. The number of aromatic nitrogens is 3. The lowest BCUT2D eigenvalue weighted by Crippen LogP contribution is -2.29. The Hall–Kier alpha value is -3.94. The summed E-state index contributed by atoms with van der Waals surface area (Å²) in [4.78, 5) is 10.8. The van der Waals surface area contributed by atoms with Crippen molar-refractivity contribution in [2.75, 3.05) is 11.4 Å². The number of pyridine rings is 1. The Morgan fingerprint density at radius 3 is 2.50 bits per heavy atom. The average Bonchev–Trinajstić information content (AvgIpc) is 3.52. The van der Waals surface area contributed by atoms with Crippen molar-refractivity contribution >= 4 is 17.4 Å². The van der Waals surface area contributed by atoms with Gasteiger partial charge in [0.25, 0.3) is 0 Å². The molecule has 206 valence electrons. The van der Waals surface area contributed by atoms with E-state index < -0.39 is 35.3 Å². The van der Waals surface area contributed by atoms with Crippen LogP contribution in [0.4, 0.5) is 23.4 Å². The van der Waals surface area contributed by atoms with Crippen LogP contribution in [0, 0.1) is 31.0 Å². The van der Waals surface area contributed by atoms with E-state index in [9.17, 15) is 22.8 Å². The third kappa shape index (κ3) is 5.53. The molecule has 1 fully saturated rings. The van der Waals surface area contributed by atoms with E-state index in [1.165, 1.54) is 19.1 Å². The quantitative estimate of drug-likeness (QED) is 0.232. The van der Waals surface area contributed by atoms with E-state index in [1.807, 2.05) is 30.3 Å². The first-order chi connectivity index (χ1) is 19.0. The lowest BCUT2D eigenvalue weighted by molar-refractivity contribution is -0.137. The molecule has 0 unspecified atom stereocenters.